The predicted octanol–water partition coefficient (Wildman–Crippen LogP) is 4.34. The second-order valence-corrected chi connectivity index (χ2v) is 8.11. The summed E-state index contributed by atoms with van der Waals surface area (Å²) in [5, 5.41) is 9.63. The van der Waals surface area contributed by atoms with Gasteiger partial charge in [-0.3, -0.25) is 9.59 Å². The molecule has 0 spiro atoms. The molecule has 32 heavy (non-hydrogen) atoms. The molecule has 2 heterocycles. The van der Waals surface area contributed by atoms with E-state index in [1.165, 1.54) is 4.68 Å². The Labute approximate surface area is 186 Å². The molecule has 2 aromatic carbocycles. The standard InChI is InChI=1S/C25H26N4O3/c1-17(2)29-24(30)21-14-8-7-13-20(21)23(26-29)25(31)28(3)15-9-12-19-16-22(27-32-19)18-10-5-4-6-11-18/h4-8,10-11,13-14,16-17H,9,12,15H2,1-3H3. The molecule has 7 nitrogen and oxygen atoms in total. The van der Waals surface area contributed by atoms with Crippen molar-refractivity contribution in [1.29, 1.82) is 0 Å². The number of fused-ring (bicyclic) bond motifs is 1. The fourth-order valence-corrected chi connectivity index (χ4v) is 3.66. The van der Waals surface area contributed by atoms with E-state index < -0.39 is 0 Å². The molecule has 4 aromatic rings. The van der Waals surface area contributed by atoms with Gasteiger partial charge in [-0.1, -0.05) is 53.7 Å². The molecule has 0 atom stereocenters. The number of aromatic nitrogens is 3. The summed E-state index contributed by atoms with van der Waals surface area (Å²) in [6, 6.07) is 18.8. The van der Waals surface area contributed by atoms with Crippen LogP contribution in [0.2, 0.25) is 0 Å². The highest BCUT2D eigenvalue weighted by atomic mass is 16.5. The van der Waals surface area contributed by atoms with Crippen LogP contribution >= 0.6 is 0 Å². The summed E-state index contributed by atoms with van der Waals surface area (Å²) in [5.74, 6) is 0.569. The molecule has 0 aliphatic carbocycles. The molecule has 0 fully saturated rings. The van der Waals surface area contributed by atoms with Crippen LogP contribution in [-0.2, 0) is 6.42 Å². The molecule has 164 valence electrons. The molecule has 0 aliphatic rings. The van der Waals surface area contributed by atoms with Gasteiger partial charge >= 0.3 is 0 Å². The number of rotatable bonds is 7. The molecule has 0 radical (unpaired) electrons. The number of carbonyl (C=O) groups excluding carboxylic acids is 1. The maximum absolute atomic E-state index is 13.2. The van der Waals surface area contributed by atoms with E-state index in [0.29, 0.717) is 35.9 Å². The highest BCUT2D eigenvalue weighted by Gasteiger charge is 2.20. The summed E-state index contributed by atoms with van der Waals surface area (Å²) >= 11 is 0. The molecule has 2 aromatic heterocycles. The van der Waals surface area contributed by atoms with Crippen molar-refractivity contribution in [2.24, 2.45) is 0 Å². The molecule has 0 saturated carbocycles. The van der Waals surface area contributed by atoms with Gasteiger partial charge in [0, 0.05) is 37.0 Å². The lowest BCUT2D eigenvalue weighted by Crippen LogP contribution is -2.33. The highest BCUT2D eigenvalue weighted by molar-refractivity contribution is 6.04. The van der Waals surface area contributed by atoms with Crippen LogP contribution < -0.4 is 5.56 Å². The topological polar surface area (TPSA) is 81.2 Å². The van der Waals surface area contributed by atoms with Gasteiger partial charge in [-0.05, 0) is 26.3 Å². The maximum Gasteiger partial charge on any atom is 0.274 e. The van der Waals surface area contributed by atoms with Crippen molar-refractivity contribution in [1.82, 2.24) is 19.8 Å². The van der Waals surface area contributed by atoms with Gasteiger partial charge in [-0.2, -0.15) is 5.10 Å². The summed E-state index contributed by atoms with van der Waals surface area (Å²) in [7, 11) is 1.75. The van der Waals surface area contributed by atoms with E-state index in [9.17, 15) is 9.59 Å². The maximum atomic E-state index is 13.2. The Kier molecular flexibility index (Phi) is 6.16. The van der Waals surface area contributed by atoms with E-state index >= 15 is 0 Å². The van der Waals surface area contributed by atoms with Crippen molar-refractivity contribution < 1.29 is 9.32 Å². The predicted molar refractivity (Wildman–Crippen MR) is 124 cm³/mol. The molecular weight excluding hydrogens is 404 g/mol. The lowest BCUT2D eigenvalue weighted by molar-refractivity contribution is 0.0786. The van der Waals surface area contributed by atoms with E-state index in [4.69, 9.17) is 4.52 Å². The van der Waals surface area contributed by atoms with Crippen molar-refractivity contribution in [3.8, 4) is 11.3 Å². The van der Waals surface area contributed by atoms with Gasteiger partial charge in [-0.15, -0.1) is 0 Å². The number of benzene rings is 2. The van der Waals surface area contributed by atoms with Gasteiger partial charge in [0.2, 0.25) is 0 Å². The number of hydrogen-bond donors (Lipinski definition) is 0. The monoisotopic (exact) mass is 430 g/mol. The van der Waals surface area contributed by atoms with E-state index in [1.807, 2.05) is 56.3 Å². The zero-order valence-electron chi connectivity index (χ0n) is 18.5. The van der Waals surface area contributed by atoms with Crippen LogP contribution in [0.25, 0.3) is 22.0 Å². The van der Waals surface area contributed by atoms with Crippen molar-refractivity contribution in [2.45, 2.75) is 32.7 Å². The SMILES string of the molecule is CC(C)n1nc(C(=O)N(C)CCCc2cc(-c3ccccc3)no2)c2ccccc2c1=O. The number of aryl methyl sites for hydroxylation is 1. The Bertz CT molecular complexity index is 1290. The third kappa shape index (κ3) is 4.32. The second kappa shape index (κ2) is 9.18. The van der Waals surface area contributed by atoms with Crippen LogP contribution in [0, 0.1) is 0 Å². The first kappa shape index (κ1) is 21.5. The average Bonchev–Trinajstić information content (AvgIpc) is 3.28. The third-order valence-corrected chi connectivity index (χ3v) is 5.41. The molecule has 0 N–H and O–H groups in total. The molecule has 1 amide bonds. The number of amides is 1. The third-order valence-electron chi connectivity index (χ3n) is 5.41. The largest absolute Gasteiger partial charge is 0.361 e. The fourth-order valence-electron chi connectivity index (χ4n) is 3.66. The molecule has 0 unspecified atom stereocenters. The summed E-state index contributed by atoms with van der Waals surface area (Å²) < 4.78 is 6.83. The van der Waals surface area contributed by atoms with Crippen LogP contribution in [0.4, 0.5) is 0 Å². The van der Waals surface area contributed by atoms with Gasteiger partial charge < -0.3 is 9.42 Å². The van der Waals surface area contributed by atoms with Gasteiger partial charge in [0.15, 0.2) is 5.69 Å². The molecule has 0 bridgehead atoms. The minimum absolute atomic E-state index is 0.144. The summed E-state index contributed by atoms with van der Waals surface area (Å²) in [5.41, 5.74) is 1.92. The Hall–Kier alpha value is -3.74. The van der Waals surface area contributed by atoms with Crippen molar-refractivity contribution in [2.75, 3.05) is 13.6 Å². The average molecular weight is 431 g/mol. The summed E-state index contributed by atoms with van der Waals surface area (Å²) in [4.78, 5) is 27.5. The van der Waals surface area contributed by atoms with Crippen LogP contribution in [0.5, 0.6) is 0 Å². The van der Waals surface area contributed by atoms with Crippen molar-refractivity contribution >= 4 is 16.7 Å². The molecule has 7 heteroatoms. The van der Waals surface area contributed by atoms with Gasteiger partial charge in [-0.25, -0.2) is 4.68 Å². The normalized spacial score (nSPS) is 11.2. The van der Waals surface area contributed by atoms with Crippen LogP contribution in [0.3, 0.4) is 0 Å². The van der Waals surface area contributed by atoms with Crippen LogP contribution in [-0.4, -0.2) is 39.3 Å². The van der Waals surface area contributed by atoms with Crippen LogP contribution in [0.15, 0.2) is 70.0 Å². The lowest BCUT2D eigenvalue weighted by atomic mass is 10.1. The molecular formula is C25H26N4O3. The van der Waals surface area contributed by atoms with Gasteiger partial charge in [0.05, 0.1) is 11.4 Å². The smallest absolute Gasteiger partial charge is 0.274 e. The number of hydrogen-bond acceptors (Lipinski definition) is 5. The van der Waals surface area contributed by atoms with E-state index in [1.54, 1.807) is 30.1 Å². The number of nitrogens with zero attached hydrogens (tertiary/aromatic N) is 4. The minimum atomic E-state index is -0.210. The first-order valence-electron chi connectivity index (χ1n) is 10.7. The van der Waals surface area contributed by atoms with Gasteiger partial charge in [0.1, 0.15) is 11.5 Å². The Morgan fingerprint density at radius 3 is 2.47 bits per heavy atom. The molecule has 4 rings (SSSR count). The van der Waals surface area contributed by atoms with Crippen LogP contribution in [0.1, 0.15) is 42.6 Å². The summed E-state index contributed by atoms with van der Waals surface area (Å²) in [6.45, 7) is 4.28. The zero-order valence-corrected chi connectivity index (χ0v) is 18.5. The van der Waals surface area contributed by atoms with E-state index in [-0.39, 0.29) is 17.5 Å². The highest BCUT2D eigenvalue weighted by Crippen LogP contribution is 2.20. The zero-order chi connectivity index (χ0) is 22.7. The van der Waals surface area contributed by atoms with E-state index in [2.05, 4.69) is 10.3 Å². The minimum Gasteiger partial charge on any atom is -0.361 e. The van der Waals surface area contributed by atoms with Crippen molar-refractivity contribution in [3.05, 3.63) is 82.5 Å². The second-order valence-electron chi connectivity index (χ2n) is 8.11. The van der Waals surface area contributed by atoms with E-state index in [0.717, 1.165) is 17.0 Å². The Morgan fingerprint density at radius 1 is 1.06 bits per heavy atom. The summed E-state index contributed by atoms with van der Waals surface area (Å²) in [6.07, 6.45) is 1.38. The molecule has 0 aliphatic heterocycles. The fraction of sp³-hybridized carbons (Fsp3) is 0.280. The molecule has 0 saturated heterocycles. The van der Waals surface area contributed by atoms with Crippen molar-refractivity contribution in [3.63, 3.8) is 0 Å². The lowest BCUT2D eigenvalue weighted by Gasteiger charge is -2.19. The Balaban J connectivity index is 1.47. The number of carbonyl (C=O) groups is 1. The quantitative estimate of drug-likeness (QED) is 0.436. The van der Waals surface area contributed by atoms with Gasteiger partial charge in [0.25, 0.3) is 11.5 Å². The first-order valence-corrected chi connectivity index (χ1v) is 10.7. The first-order chi connectivity index (χ1) is 15.5. The Morgan fingerprint density at radius 2 is 1.75 bits per heavy atom.